The Morgan fingerprint density at radius 2 is 1.75 bits per heavy atom. The molecule has 112 valence electrons. The molecule has 0 amide bonds. The molecule has 0 atom stereocenters. The Bertz CT molecular complexity index is 408. The van der Waals surface area contributed by atoms with Crippen LogP contribution in [0.2, 0.25) is 10.0 Å². The molecule has 2 nitrogen and oxygen atoms in total. The molecule has 0 bridgehead atoms. The van der Waals surface area contributed by atoms with Crippen LogP contribution in [0.5, 0.6) is 0 Å². The Morgan fingerprint density at radius 3 is 2.30 bits per heavy atom. The summed E-state index contributed by atoms with van der Waals surface area (Å²) in [6.45, 7) is 4.14. The molecule has 0 saturated heterocycles. The Balaban J connectivity index is 2.09. The van der Waals surface area contributed by atoms with E-state index in [4.69, 9.17) is 28.9 Å². The van der Waals surface area contributed by atoms with E-state index in [1.54, 1.807) is 0 Å². The first kappa shape index (κ1) is 16.1. The van der Waals surface area contributed by atoms with Crippen molar-refractivity contribution in [2.75, 3.05) is 6.54 Å². The highest BCUT2D eigenvalue weighted by Crippen LogP contribution is 2.29. The maximum Gasteiger partial charge on any atom is 0.0465 e. The van der Waals surface area contributed by atoms with Gasteiger partial charge < -0.3 is 5.73 Å². The third-order valence-corrected chi connectivity index (χ3v) is 4.90. The first-order chi connectivity index (χ1) is 9.61. The van der Waals surface area contributed by atoms with Crippen molar-refractivity contribution in [3.8, 4) is 0 Å². The summed E-state index contributed by atoms with van der Waals surface area (Å²) in [5.41, 5.74) is 7.07. The van der Waals surface area contributed by atoms with Crippen LogP contribution < -0.4 is 5.73 Å². The van der Waals surface area contributed by atoms with Gasteiger partial charge in [0, 0.05) is 34.2 Å². The Labute approximate surface area is 132 Å². The molecule has 0 aromatic heterocycles. The number of nitrogens with zero attached hydrogens (tertiary/aromatic N) is 1. The second-order valence-corrected chi connectivity index (χ2v) is 6.55. The largest absolute Gasteiger partial charge is 0.328 e. The molecule has 1 saturated carbocycles. The number of hydrogen-bond donors (Lipinski definition) is 1. The third kappa shape index (κ3) is 4.11. The Morgan fingerprint density at radius 1 is 1.15 bits per heavy atom. The highest BCUT2D eigenvalue weighted by Gasteiger charge is 2.24. The molecular weight excluding hydrogens is 291 g/mol. The Kier molecular flexibility index (Phi) is 6.16. The summed E-state index contributed by atoms with van der Waals surface area (Å²) < 4.78 is 0. The molecule has 4 heteroatoms. The van der Waals surface area contributed by atoms with E-state index < -0.39 is 0 Å². The topological polar surface area (TPSA) is 29.3 Å². The van der Waals surface area contributed by atoms with Crippen LogP contribution in [0.25, 0.3) is 0 Å². The van der Waals surface area contributed by atoms with E-state index in [2.05, 4.69) is 11.8 Å². The quantitative estimate of drug-likeness (QED) is 0.868. The molecular formula is C16H24Cl2N2. The van der Waals surface area contributed by atoms with Gasteiger partial charge in [-0.15, -0.1) is 0 Å². The van der Waals surface area contributed by atoms with E-state index in [9.17, 15) is 0 Å². The highest BCUT2D eigenvalue weighted by molar-refractivity contribution is 6.35. The summed E-state index contributed by atoms with van der Waals surface area (Å²) in [6.07, 6.45) is 5.76. The third-order valence-electron chi connectivity index (χ3n) is 4.19. The predicted molar refractivity (Wildman–Crippen MR) is 87.4 cm³/mol. The molecule has 2 N–H and O–H groups in total. The molecule has 1 aliphatic carbocycles. The zero-order chi connectivity index (χ0) is 14.5. The normalized spacial score (nSPS) is 23.2. The molecule has 0 aliphatic heterocycles. The van der Waals surface area contributed by atoms with Crippen molar-refractivity contribution in [1.29, 1.82) is 0 Å². The van der Waals surface area contributed by atoms with Crippen molar-refractivity contribution in [3.05, 3.63) is 33.8 Å². The van der Waals surface area contributed by atoms with E-state index in [-0.39, 0.29) is 0 Å². The van der Waals surface area contributed by atoms with E-state index in [0.29, 0.717) is 12.1 Å². The van der Waals surface area contributed by atoms with Gasteiger partial charge in [0.15, 0.2) is 0 Å². The first-order valence-corrected chi connectivity index (χ1v) is 8.30. The SMILES string of the molecule is CCCN(Cc1c(Cl)cccc1Cl)C1CCC(N)CC1. The lowest BCUT2D eigenvalue weighted by Crippen LogP contribution is -2.41. The van der Waals surface area contributed by atoms with Gasteiger partial charge in [0.25, 0.3) is 0 Å². The summed E-state index contributed by atoms with van der Waals surface area (Å²) in [5, 5.41) is 1.54. The van der Waals surface area contributed by atoms with E-state index >= 15 is 0 Å². The van der Waals surface area contributed by atoms with Crippen molar-refractivity contribution in [1.82, 2.24) is 4.90 Å². The van der Waals surface area contributed by atoms with Crippen LogP contribution >= 0.6 is 23.2 Å². The number of hydrogen-bond acceptors (Lipinski definition) is 2. The summed E-state index contributed by atoms with van der Waals surface area (Å²) >= 11 is 12.6. The summed E-state index contributed by atoms with van der Waals surface area (Å²) in [4.78, 5) is 2.53. The van der Waals surface area contributed by atoms with Gasteiger partial charge in [-0.1, -0.05) is 36.2 Å². The molecule has 20 heavy (non-hydrogen) atoms. The van der Waals surface area contributed by atoms with Crippen LogP contribution in [0.15, 0.2) is 18.2 Å². The fourth-order valence-electron chi connectivity index (χ4n) is 3.03. The summed E-state index contributed by atoms with van der Waals surface area (Å²) in [6, 6.07) is 6.74. The van der Waals surface area contributed by atoms with Crippen molar-refractivity contribution < 1.29 is 0 Å². The number of nitrogens with two attached hydrogens (primary N) is 1. The number of rotatable bonds is 5. The van der Waals surface area contributed by atoms with Gasteiger partial charge in [-0.25, -0.2) is 0 Å². The highest BCUT2D eigenvalue weighted by atomic mass is 35.5. The van der Waals surface area contributed by atoms with Gasteiger partial charge in [0.1, 0.15) is 0 Å². The second-order valence-electron chi connectivity index (χ2n) is 5.74. The van der Waals surface area contributed by atoms with Crippen LogP contribution in [0.1, 0.15) is 44.6 Å². The molecule has 2 rings (SSSR count). The van der Waals surface area contributed by atoms with Crippen LogP contribution in [-0.2, 0) is 6.54 Å². The lowest BCUT2D eigenvalue weighted by molar-refractivity contribution is 0.142. The predicted octanol–water partition coefficient (Wildman–Crippen LogP) is 4.48. The van der Waals surface area contributed by atoms with Crippen LogP contribution in [0.3, 0.4) is 0 Å². The fraction of sp³-hybridized carbons (Fsp3) is 0.625. The summed E-state index contributed by atoms with van der Waals surface area (Å²) in [7, 11) is 0. The van der Waals surface area contributed by atoms with Gasteiger partial charge in [0.2, 0.25) is 0 Å². The molecule has 0 radical (unpaired) electrons. The van der Waals surface area contributed by atoms with Crippen molar-refractivity contribution in [2.24, 2.45) is 5.73 Å². The van der Waals surface area contributed by atoms with E-state index in [1.807, 2.05) is 18.2 Å². The zero-order valence-corrected chi connectivity index (χ0v) is 13.6. The minimum absolute atomic E-state index is 0.388. The van der Waals surface area contributed by atoms with Crippen LogP contribution in [-0.4, -0.2) is 23.5 Å². The van der Waals surface area contributed by atoms with Gasteiger partial charge in [-0.05, 0) is 50.8 Å². The van der Waals surface area contributed by atoms with Crippen molar-refractivity contribution in [2.45, 2.75) is 57.7 Å². The minimum atomic E-state index is 0.388. The van der Waals surface area contributed by atoms with Gasteiger partial charge in [0.05, 0.1) is 0 Å². The number of benzene rings is 1. The maximum atomic E-state index is 6.30. The van der Waals surface area contributed by atoms with Crippen LogP contribution in [0.4, 0.5) is 0 Å². The molecule has 1 fully saturated rings. The fourth-order valence-corrected chi connectivity index (χ4v) is 3.55. The Hall–Kier alpha value is -0.280. The molecule has 1 aliphatic rings. The zero-order valence-electron chi connectivity index (χ0n) is 12.1. The lowest BCUT2D eigenvalue weighted by Gasteiger charge is -2.36. The van der Waals surface area contributed by atoms with E-state index in [1.165, 1.54) is 12.8 Å². The minimum Gasteiger partial charge on any atom is -0.328 e. The van der Waals surface area contributed by atoms with Crippen molar-refractivity contribution in [3.63, 3.8) is 0 Å². The van der Waals surface area contributed by atoms with Crippen molar-refractivity contribution >= 4 is 23.2 Å². The maximum absolute atomic E-state index is 6.30. The average Bonchev–Trinajstić information content (AvgIpc) is 2.43. The number of halogens is 2. The molecule has 1 aromatic rings. The molecule has 0 heterocycles. The molecule has 0 unspecified atom stereocenters. The van der Waals surface area contributed by atoms with Gasteiger partial charge >= 0.3 is 0 Å². The second kappa shape index (κ2) is 7.65. The standard InChI is InChI=1S/C16H24Cl2N2/c1-2-10-20(13-8-6-12(19)7-9-13)11-14-15(17)4-3-5-16(14)18/h3-5,12-13H,2,6-11,19H2,1H3. The smallest absolute Gasteiger partial charge is 0.0465 e. The van der Waals surface area contributed by atoms with Gasteiger partial charge in [-0.2, -0.15) is 0 Å². The molecule has 0 spiro atoms. The van der Waals surface area contributed by atoms with Gasteiger partial charge in [-0.3, -0.25) is 4.90 Å². The monoisotopic (exact) mass is 314 g/mol. The van der Waals surface area contributed by atoms with E-state index in [0.717, 1.165) is 48.0 Å². The average molecular weight is 315 g/mol. The van der Waals surface area contributed by atoms with Crippen LogP contribution in [0, 0.1) is 0 Å². The first-order valence-electron chi connectivity index (χ1n) is 7.54. The molecule has 1 aromatic carbocycles. The summed E-state index contributed by atoms with van der Waals surface area (Å²) in [5.74, 6) is 0. The lowest BCUT2D eigenvalue weighted by atomic mass is 9.90.